The van der Waals surface area contributed by atoms with Crippen molar-refractivity contribution in [2.24, 2.45) is 5.73 Å². The van der Waals surface area contributed by atoms with E-state index in [4.69, 9.17) is 28.9 Å². The maximum absolute atomic E-state index is 11.3. The number of carbonyl (C=O) groups is 1. The average Bonchev–Trinajstić information content (AvgIpc) is 2.32. The zero-order valence-corrected chi connectivity index (χ0v) is 11.3. The summed E-state index contributed by atoms with van der Waals surface area (Å²) >= 11 is 11.7. The van der Waals surface area contributed by atoms with Gasteiger partial charge < -0.3 is 16.2 Å². The number of aliphatic hydroxyl groups is 1. The molecule has 0 aliphatic rings. The molecule has 0 saturated heterocycles. The molecule has 0 bridgehead atoms. The van der Waals surface area contributed by atoms with Gasteiger partial charge >= 0.3 is 0 Å². The summed E-state index contributed by atoms with van der Waals surface area (Å²) < 4.78 is 0. The topological polar surface area (TPSA) is 75.4 Å². The van der Waals surface area contributed by atoms with Gasteiger partial charge in [0.05, 0.1) is 6.10 Å². The summed E-state index contributed by atoms with van der Waals surface area (Å²) in [5.74, 6) is -0.132. The van der Waals surface area contributed by atoms with E-state index in [1.165, 1.54) is 0 Å². The van der Waals surface area contributed by atoms with E-state index in [-0.39, 0.29) is 12.5 Å². The van der Waals surface area contributed by atoms with Crippen molar-refractivity contribution in [3.63, 3.8) is 0 Å². The minimum Gasteiger partial charge on any atom is -0.387 e. The lowest BCUT2D eigenvalue weighted by atomic mass is 10.1. The first kappa shape index (κ1) is 15.2. The Bertz CT molecular complexity index is 393. The molecule has 0 fully saturated rings. The van der Waals surface area contributed by atoms with E-state index in [9.17, 15) is 9.90 Å². The number of nitrogens with two attached hydrogens (primary N) is 1. The van der Waals surface area contributed by atoms with Crippen LogP contribution in [0.1, 0.15) is 24.5 Å². The normalized spacial score (nSPS) is 12.2. The summed E-state index contributed by atoms with van der Waals surface area (Å²) in [6.07, 6.45) is 0.160. The minimum absolute atomic E-state index is 0.125. The van der Waals surface area contributed by atoms with Gasteiger partial charge in [0.1, 0.15) is 0 Å². The van der Waals surface area contributed by atoms with Crippen molar-refractivity contribution in [3.8, 4) is 0 Å². The van der Waals surface area contributed by atoms with Gasteiger partial charge in [-0.3, -0.25) is 4.79 Å². The van der Waals surface area contributed by atoms with E-state index in [0.29, 0.717) is 35.0 Å². The van der Waals surface area contributed by atoms with E-state index in [1.54, 1.807) is 18.2 Å². The molecule has 0 saturated carbocycles. The Morgan fingerprint density at radius 1 is 1.33 bits per heavy atom. The fourth-order valence-corrected chi connectivity index (χ4v) is 1.99. The molecule has 1 aromatic rings. The molecule has 1 amide bonds. The smallest absolute Gasteiger partial charge is 0.220 e. The van der Waals surface area contributed by atoms with Gasteiger partial charge in [-0.25, -0.2) is 0 Å². The molecule has 100 valence electrons. The summed E-state index contributed by atoms with van der Waals surface area (Å²) in [7, 11) is 0. The monoisotopic (exact) mass is 290 g/mol. The molecule has 6 heteroatoms. The van der Waals surface area contributed by atoms with Crippen molar-refractivity contribution in [1.29, 1.82) is 0 Å². The Hall–Kier alpha value is -0.810. The Kier molecular flexibility index (Phi) is 6.43. The lowest BCUT2D eigenvalue weighted by molar-refractivity contribution is -0.121. The third kappa shape index (κ3) is 5.23. The molecule has 1 atom stereocenters. The Morgan fingerprint density at radius 2 is 1.94 bits per heavy atom. The lowest BCUT2D eigenvalue weighted by Gasteiger charge is -2.13. The van der Waals surface area contributed by atoms with Crippen LogP contribution in [-0.4, -0.2) is 24.1 Å². The van der Waals surface area contributed by atoms with Crippen LogP contribution in [0.15, 0.2) is 18.2 Å². The van der Waals surface area contributed by atoms with Crippen LogP contribution in [0.5, 0.6) is 0 Å². The van der Waals surface area contributed by atoms with Crippen LogP contribution >= 0.6 is 23.2 Å². The summed E-state index contributed by atoms with van der Waals surface area (Å²) in [4.78, 5) is 11.3. The third-order valence-electron chi connectivity index (χ3n) is 2.37. The second-order valence-electron chi connectivity index (χ2n) is 3.91. The fraction of sp³-hybridized carbons (Fsp3) is 0.417. The van der Waals surface area contributed by atoms with Crippen molar-refractivity contribution < 1.29 is 9.90 Å². The highest BCUT2D eigenvalue weighted by atomic mass is 35.5. The van der Waals surface area contributed by atoms with Gasteiger partial charge in [0.25, 0.3) is 0 Å². The maximum Gasteiger partial charge on any atom is 0.220 e. The predicted octanol–water partition coefficient (Wildman–Crippen LogP) is 1.88. The first-order valence-electron chi connectivity index (χ1n) is 5.63. The first-order valence-corrected chi connectivity index (χ1v) is 6.39. The molecule has 0 heterocycles. The molecule has 0 spiro atoms. The summed E-state index contributed by atoms with van der Waals surface area (Å²) in [5, 5.41) is 13.4. The van der Waals surface area contributed by atoms with E-state index in [0.717, 1.165) is 0 Å². The number of hydrogen-bond acceptors (Lipinski definition) is 3. The van der Waals surface area contributed by atoms with E-state index in [1.807, 2.05) is 0 Å². The second-order valence-corrected chi connectivity index (χ2v) is 4.79. The summed E-state index contributed by atoms with van der Waals surface area (Å²) in [6.45, 7) is 0.597. The van der Waals surface area contributed by atoms with Crippen LogP contribution in [0, 0.1) is 0 Å². The molecule has 1 aromatic carbocycles. The zero-order chi connectivity index (χ0) is 13.5. The highest BCUT2D eigenvalue weighted by Crippen LogP contribution is 2.23. The van der Waals surface area contributed by atoms with E-state index in [2.05, 4.69) is 5.32 Å². The van der Waals surface area contributed by atoms with Crippen LogP contribution in [0.2, 0.25) is 10.0 Å². The van der Waals surface area contributed by atoms with Gasteiger partial charge in [-0.15, -0.1) is 0 Å². The van der Waals surface area contributed by atoms with Gasteiger partial charge in [-0.05, 0) is 36.7 Å². The van der Waals surface area contributed by atoms with Gasteiger partial charge in [0.2, 0.25) is 5.91 Å². The summed E-state index contributed by atoms with van der Waals surface area (Å²) in [5.41, 5.74) is 5.87. The Morgan fingerprint density at radius 3 is 2.50 bits per heavy atom. The van der Waals surface area contributed by atoms with Crippen LogP contribution in [0.4, 0.5) is 0 Å². The molecule has 4 nitrogen and oxygen atoms in total. The number of benzene rings is 1. The number of halogens is 2. The lowest BCUT2D eigenvalue weighted by Crippen LogP contribution is -2.28. The van der Waals surface area contributed by atoms with Crippen molar-refractivity contribution >= 4 is 29.1 Å². The number of aliphatic hydroxyl groups excluding tert-OH is 1. The largest absolute Gasteiger partial charge is 0.387 e. The standard InChI is InChI=1S/C12H16Cl2N2O2/c13-9-4-8(5-10(14)6-9)11(17)7-16-12(18)2-1-3-15/h4-6,11,17H,1-3,7,15H2,(H,16,18). The summed E-state index contributed by atoms with van der Waals surface area (Å²) in [6, 6.07) is 4.81. The molecule has 4 N–H and O–H groups in total. The van der Waals surface area contributed by atoms with Gasteiger partial charge in [-0.2, -0.15) is 0 Å². The van der Waals surface area contributed by atoms with Gasteiger partial charge in [-0.1, -0.05) is 23.2 Å². The third-order valence-corrected chi connectivity index (χ3v) is 2.81. The Labute approximate surface area is 116 Å². The van der Waals surface area contributed by atoms with Crippen LogP contribution in [0.25, 0.3) is 0 Å². The number of hydrogen-bond donors (Lipinski definition) is 3. The fourth-order valence-electron chi connectivity index (χ4n) is 1.45. The van der Waals surface area contributed by atoms with Crippen LogP contribution < -0.4 is 11.1 Å². The predicted molar refractivity (Wildman–Crippen MR) is 72.7 cm³/mol. The molecule has 0 radical (unpaired) electrons. The van der Waals surface area contributed by atoms with Crippen LogP contribution in [-0.2, 0) is 4.79 Å². The van der Waals surface area contributed by atoms with Crippen molar-refractivity contribution in [2.75, 3.05) is 13.1 Å². The van der Waals surface area contributed by atoms with Crippen molar-refractivity contribution in [3.05, 3.63) is 33.8 Å². The first-order chi connectivity index (χ1) is 8.52. The van der Waals surface area contributed by atoms with Gasteiger partial charge in [0, 0.05) is 23.0 Å². The second kappa shape index (κ2) is 7.59. The quantitative estimate of drug-likeness (QED) is 0.749. The minimum atomic E-state index is -0.831. The molecule has 18 heavy (non-hydrogen) atoms. The highest BCUT2D eigenvalue weighted by Gasteiger charge is 2.10. The van der Waals surface area contributed by atoms with E-state index < -0.39 is 6.10 Å². The van der Waals surface area contributed by atoms with E-state index >= 15 is 0 Å². The van der Waals surface area contributed by atoms with Crippen molar-refractivity contribution in [1.82, 2.24) is 5.32 Å². The molecule has 0 aliphatic carbocycles. The highest BCUT2D eigenvalue weighted by molar-refractivity contribution is 6.34. The Balaban J connectivity index is 2.49. The molecule has 1 unspecified atom stereocenters. The van der Waals surface area contributed by atoms with Crippen LogP contribution in [0.3, 0.4) is 0 Å². The number of nitrogens with one attached hydrogen (secondary N) is 1. The zero-order valence-electron chi connectivity index (χ0n) is 9.83. The molecular weight excluding hydrogens is 275 g/mol. The van der Waals surface area contributed by atoms with Gasteiger partial charge in [0.15, 0.2) is 0 Å². The average molecular weight is 291 g/mol. The molecule has 0 aromatic heterocycles. The van der Waals surface area contributed by atoms with Crippen molar-refractivity contribution in [2.45, 2.75) is 18.9 Å². The maximum atomic E-state index is 11.3. The molecule has 0 aliphatic heterocycles. The number of carbonyl (C=O) groups excluding carboxylic acids is 1. The SMILES string of the molecule is NCCCC(=O)NCC(O)c1cc(Cl)cc(Cl)c1. The molecule has 1 rings (SSSR count). The number of amides is 1. The molecular formula is C12H16Cl2N2O2. The number of rotatable bonds is 6.